The van der Waals surface area contributed by atoms with E-state index in [1.165, 1.54) is 11.1 Å². The van der Waals surface area contributed by atoms with Crippen LogP contribution in [0, 0.1) is 0 Å². The minimum absolute atomic E-state index is 0.163. The molecular weight excluding hydrogens is 232 g/mol. The fourth-order valence-electron chi connectivity index (χ4n) is 1.98. The van der Waals surface area contributed by atoms with Crippen LogP contribution in [0.2, 0.25) is 0 Å². The summed E-state index contributed by atoms with van der Waals surface area (Å²) in [7, 11) is 0. The molecule has 106 valence electrons. The number of hydrogen-bond acceptors (Lipinski definition) is 2. The quantitative estimate of drug-likeness (QED) is 0.754. The van der Waals surface area contributed by atoms with E-state index in [9.17, 15) is 0 Å². The molecule has 1 rings (SSSR count). The highest BCUT2D eigenvalue weighted by atomic mass is 15.2. The van der Waals surface area contributed by atoms with Crippen molar-refractivity contribution in [3.8, 4) is 0 Å². The van der Waals surface area contributed by atoms with Crippen LogP contribution in [0.25, 0.3) is 0 Å². The van der Waals surface area contributed by atoms with Gasteiger partial charge in [0.05, 0.1) is 0 Å². The molecule has 0 saturated carbocycles. The Hall–Kier alpha value is -1.12. The lowest BCUT2D eigenvalue weighted by atomic mass is 10.0. The lowest BCUT2D eigenvalue weighted by molar-refractivity contribution is 0.145. The lowest BCUT2D eigenvalue weighted by Crippen LogP contribution is -2.40. The molecule has 0 radical (unpaired) electrons. The summed E-state index contributed by atoms with van der Waals surface area (Å²) in [4.78, 5) is 2.43. The Morgan fingerprint density at radius 2 is 1.74 bits per heavy atom. The van der Waals surface area contributed by atoms with Crippen molar-refractivity contribution >= 4 is 0 Å². The Bertz CT molecular complexity index is 373. The van der Waals surface area contributed by atoms with Crippen molar-refractivity contribution in [3.63, 3.8) is 0 Å². The second-order valence-electron chi connectivity index (χ2n) is 5.94. The van der Waals surface area contributed by atoms with Crippen LogP contribution in [0.1, 0.15) is 38.8 Å². The Labute approximate surface area is 118 Å². The van der Waals surface area contributed by atoms with E-state index in [0.29, 0.717) is 0 Å². The second-order valence-corrected chi connectivity index (χ2v) is 5.94. The predicted molar refractivity (Wildman–Crippen MR) is 84.2 cm³/mol. The monoisotopic (exact) mass is 260 g/mol. The van der Waals surface area contributed by atoms with Gasteiger partial charge < -0.3 is 5.32 Å². The zero-order valence-electron chi connectivity index (χ0n) is 12.9. The Morgan fingerprint density at radius 1 is 1.16 bits per heavy atom. The van der Waals surface area contributed by atoms with Crippen LogP contribution >= 0.6 is 0 Å². The molecule has 0 spiro atoms. The van der Waals surface area contributed by atoms with Gasteiger partial charge in [-0.1, -0.05) is 37.3 Å². The summed E-state index contributed by atoms with van der Waals surface area (Å²) in [6.07, 6.45) is 1.98. The smallest absolute Gasteiger partial charge is 0.0242 e. The summed E-state index contributed by atoms with van der Waals surface area (Å²) in [6.45, 7) is 16.6. The highest BCUT2D eigenvalue weighted by Gasteiger charge is 2.19. The minimum Gasteiger partial charge on any atom is -0.313 e. The molecular formula is C17H28N2. The van der Waals surface area contributed by atoms with E-state index in [2.05, 4.69) is 68.8 Å². The zero-order valence-corrected chi connectivity index (χ0v) is 12.9. The molecule has 0 aliphatic heterocycles. The molecule has 2 nitrogen and oxygen atoms in total. The summed E-state index contributed by atoms with van der Waals surface area (Å²) in [5, 5.41) is 3.35. The summed E-state index contributed by atoms with van der Waals surface area (Å²) in [5.41, 5.74) is 2.87. The van der Waals surface area contributed by atoms with Crippen molar-refractivity contribution in [2.75, 3.05) is 13.1 Å². The molecule has 19 heavy (non-hydrogen) atoms. The fraction of sp³-hybridized carbons (Fsp3) is 0.529. The molecule has 0 fully saturated rings. The third-order valence-corrected chi connectivity index (χ3v) is 3.27. The van der Waals surface area contributed by atoms with E-state index >= 15 is 0 Å². The van der Waals surface area contributed by atoms with Gasteiger partial charge in [0.25, 0.3) is 0 Å². The molecule has 0 heterocycles. The summed E-state index contributed by atoms with van der Waals surface area (Å²) >= 11 is 0. The first-order chi connectivity index (χ1) is 8.97. The van der Waals surface area contributed by atoms with Gasteiger partial charge in [-0.05, 0) is 38.4 Å². The van der Waals surface area contributed by atoms with Crippen LogP contribution < -0.4 is 5.32 Å². The summed E-state index contributed by atoms with van der Waals surface area (Å²) in [6, 6.07) is 8.89. The Kier molecular flexibility index (Phi) is 6.26. The third kappa shape index (κ3) is 5.58. The first-order valence-corrected chi connectivity index (χ1v) is 7.12. The van der Waals surface area contributed by atoms with Gasteiger partial charge in [-0.15, -0.1) is 6.58 Å². The molecule has 0 aliphatic rings. The highest BCUT2D eigenvalue weighted by Crippen LogP contribution is 2.17. The normalized spacial score (nSPS) is 11.8. The van der Waals surface area contributed by atoms with Crippen LogP contribution in [-0.4, -0.2) is 23.5 Å². The van der Waals surface area contributed by atoms with Crippen LogP contribution in [0.3, 0.4) is 0 Å². The zero-order chi connectivity index (χ0) is 14.3. The van der Waals surface area contributed by atoms with Crippen molar-refractivity contribution in [3.05, 3.63) is 48.0 Å². The first-order valence-electron chi connectivity index (χ1n) is 7.12. The average molecular weight is 260 g/mol. The molecule has 1 aromatic rings. The van der Waals surface area contributed by atoms with E-state index < -0.39 is 0 Å². The summed E-state index contributed by atoms with van der Waals surface area (Å²) < 4.78 is 0. The standard InChI is InChI=1S/C17H28N2/c1-6-12-19(17(3,4)5)14-16-10-8-15(9-11-16)13-18-7-2/h6,8-11,18H,1,7,12-14H2,2-5H3. The van der Waals surface area contributed by atoms with E-state index in [1.54, 1.807) is 0 Å². The largest absolute Gasteiger partial charge is 0.313 e. The third-order valence-electron chi connectivity index (χ3n) is 3.27. The SMILES string of the molecule is C=CCN(Cc1ccc(CNCC)cc1)C(C)(C)C. The van der Waals surface area contributed by atoms with Gasteiger partial charge in [0.1, 0.15) is 0 Å². The van der Waals surface area contributed by atoms with Crippen LogP contribution in [-0.2, 0) is 13.1 Å². The van der Waals surface area contributed by atoms with Gasteiger partial charge in [0.15, 0.2) is 0 Å². The van der Waals surface area contributed by atoms with Crippen molar-refractivity contribution in [2.45, 2.75) is 46.3 Å². The van der Waals surface area contributed by atoms with Crippen LogP contribution in [0.5, 0.6) is 0 Å². The van der Waals surface area contributed by atoms with Crippen LogP contribution in [0.15, 0.2) is 36.9 Å². The molecule has 0 aromatic heterocycles. The minimum atomic E-state index is 0.163. The van der Waals surface area contributed by atoms with E-state index in [1.807, 2.05) is 6.08 Å². The predicted octanol–water partition coefficient (Wildman–Crippen LogP) is 3.58. The van der Waals surface area contributed by atoms with Crippen molar-refractivity contribution in [1.29, 1.82) is 0 Å². The van der Waals surface area contributed by atoms with Crippen LogP contribution in [0.4, 0.5) is 0 Å². The van der Waals surface area contributed by atoms with E-state index in [-0.39, 0.29) is 5.54 Å². The van der Waals surface area contributed by atoms with Crippen molar-refractivity contribution in [2.24, 2.45) is 0 Å². The molecule has 0 saturated heterocycles. The van der Waals surface area contributed by atoms with Gasteiger partial charge in [0.2, 0.25) is 0 Å². The fourth-order valence-corrected chi connectivity index (χ4v) is 1.98. The van der Waals surface area contributed by atoms with Gasteiger partial charge in [-0.25, -0.2) is 0 Å². The topological polar surface area (TPSA) is 15.3 Å². The molecule has 0 bridgehead atoms. The second kappa shape index (κ2) is 7.46. The van der Waals surface area contributed by atoms with Crippen molar-refractivity contribution < 1.29 is 0 Å². The van der Waals surface area contributed by atoms with Crippen molar-refractivity contribution in [1.82, 2.24) is 10.2 Å². The highest BCUT2D eigenvalue weighted by molar-refractivity contribution is 5.22. The van der Waals surface area contributed by atoms with E-state index in [0.717, 1.165) is 26.2 Å². The molecule has 2 heteroatoms. The molecule has 1 N–H and O–H groups in total. The molecule has 0 amide bonds. The average Bonchev–Trinajstić information content (AvgIpc) is 2.36. The maximum atomic E-state index is 3.85. The number of nitrogens with one attached hydrogen (secondary N) is 1. The maximum Gasteiger partial charge on any atom is 0.0242 e. The molecule has 0 atom stereocenters. The lowest BCUT2D eigenvalue weighted by Gasteiger charge is -2.34. The first kappa shape index (κ1) is 15.9. The number of nitrogens with zero attached hydrogens (tertiary/aromatic N) is 1. The number of rotatable bonds is 7. The molecule has 1 aromatic carbocycles. The number of hydrogen-bond donors (Lipinski definition) is 1. The van der Waals surface area contributed by atoms with E-state index in [4.69, 9.17) is 0 Å². The molecule has 0 unspecified atom stereocenters. The van der Waals surface area contributed by atoms with Gasteiger partial charge in [0, 0.05) is 25.2 Å². The maximum absolute atomic E-state index is 3.85. The molecule has 0 aliphatic carbocycles. The van der Waals surface area contributed by atoms with Gasteiger partial charge in [-0.3, -0.25) is 4.90 Å². The van der Waals surface area contributed by atoms with Gasteiger partial charge in [-0.2, -0.15) is 0 Å². The Morgan fingerprint density at radius 3 is 2.21 bits per heavy atom. The summed E-state index contributed by atoms with van der Waals surface area (Å²) in [5.74, 6) is 0. The number of benzene rings is 1. The Balaban J connectivity index is 2.67. The van der Waals surface area contributed by atoms with Gasteiger partial charge >= 0.3 is 0 Å².